The van der Waals surface area contributed by atoms with Gasteiger partial charge in [-0.3, -0.25) is 4.79 Å². The van der Waals surface area contributed by atoms with Crippen LogP contribution in [-0.2, 0) is 20.8 Å². The minimum absolute atomic E-state index is 0.0384. The molecule has 1 aromatic rings. The van der Waals surface area contributed by atoms with Crippen LogP contribution >= 0.6 is 11.6 Å². The number of hydrogen-bond acceptors (Lipinski definition) is 3. The van der Waals surface area contributed by atoms with Gasteiger partial charge >= 0.3 is 6.18 Å². The summed E-state index contributed by atoms with van der Waals surface area (Å²) < 4.78 is 62.0. The fourth-order valence-electron chi connectivity index (χ4n) is 2.93. The number of sulfone groups is 1. The molecule has 0 N–H and O–H groups in total. The molecule has 0 aliphatic carbocycles. The number of nitrogens with zero attached hydrogens (tertiary/aromatic N) is 1. The number of carbonyl (C=O) groups excluding carboxylic acids is 1. The molecule has 1 aliphatic rings. The maximum atomic E-state index is 12.8. The zero-order valence-corrected chi connectivity index (χ0v) is 16.4. The van der Waals surface area contributed by atoms with Crippen molar-refractivity contribution in [1.82, 2.24) is 4.90 Å². The Kier molecular flexibility index (Phi) is 6.97. The van der Waals surface area contributed by atoms with E-state index in [0.29, 0.717) is 19.4 Å². The standard InChI is InChI=1S/C18H21ClF3NO3S/c1-2-3-9-23(15-8-10-27(25,26)12-15)17(24)7-4-13-11-14(18(20,21)22)5-6-16(13)19/h4-7,11,15H,2-3,8-10,12H2,1H3/b7-4+. The number of alkyl halides is 3. The highest BCUT2D eigenvalue weighted by molar-refractivity contribution is 7.91. The highest BCUT2D eigenvalue weighted by atomic mass is 35.5. The van der Waals surface area contributed by atoms with Gasteiger partial charge in [0.2, 0.25) is 5.91 Å². The summed E-state index contributed by atoms with van der Waals surface area (Å²) in [6.07, 6.45) is -0.213. The molecule has 9 heteroatoms. The van der Waals surface area contributed by atoms with Crippen LogP contribution in [-0.4, -0.2) is 43.3 Å². The number of halogens is 4. The van der Waals surface area contributed by atoms with Gasteiger partial charge in [-0.25, -0.2) is 8.42 Å². The SMILES string of the molecule is CCCCN(C(=O)/C=C/c1cc(C(F)(F)F)ccc1Cl)C1CCS(=O)(=O)C1. The van der Waals surface area contributed by atoms with Crippen molar-refractivity contribution >= 4 is 33.4 Å². The highest BCUT2D eigenvalue weighted by Crippen LogP contribution is 2.32. The highest BCUT2D eigenvalue weighted by Gasteiger charge is 2.34. The molecule has 0 radical (unpaired) electrons. The first-order valence-corrected chi connectivity index (χ1v) is 10.8. The second kappa shape index (κ2) is 8.65. The Morgan fingerprint density at radius 2 is 2.07 bits per heavy atom. The number of carbonyl (C=O) groups is 1. The smallest absolute Gasteiger partial charge is 0.335 e. The van der Waals surface area contributed by atoms with Crippen LogP contribution in [0.3, 0.4) is 0 Å². The summed E-state index contributed by atoms with van der Waals surface area (Å²) in [5.74, 6) is -0.476. The molecule has 0 aromatic heterocycles. The van der Waals surface area contributed by atoms with Gasteiger partial charge in [-0.15, -0.1) is 0 Å². The lowest BCUT2D eigenvalue weighted by atomic mass is 10.1. The van der Waals surface area contributed by atoms with E-state index in [2.05, 4.69) is 0 Å². The lowest BCUT2D eigenvalue weighted by molar-refractivity contribution is -0.137. The number of benzene rings is 1. The first kappa shape index (κ1) is 21.8. The molecule has 0 spiro atoms. The molecule has 2 rings (SSSR count). The van der Waals surface area contributed by atoms with Crippen LogP contribution in [0.5, 0.6) is 0 Å². The van der Waals surface area contributed by atoms with Gasteiger partial charge in [0, 0.05) is 23.7 Å². The Morgan fingerprint density at radius 1 is 1.37 bits per heavy atom. The zero-order chi connectivity index (χ0) is 20.2. The maximum absolute atomic E-state index is 12.8. The van der Waals surface area contributed by atoms with Gasteiger partial charge in [-0.05, 0) is 42.7 Å². The molecule has 0 bridgehead atoms. The third kappa shape index (κ3) is 5.97. The molecule has 0 saturated carbocycles. The number of rotatable bonds is 6. The predicted molar refractivity (Wildman–Crippen MR) is 99.2 cm³/mol. The fourth-order valence-corrected chi connectivity index (χ4v) is 4.84. The van der Waals surface area contributed by atoms with E-state index >= 15 is 0 Å². The minimum atomic E-state index is -4.51. The minimum Gasteiger partial charge on any atom is -0.335 e. The quantitative estimate of drug-likeness (QED) is 0.645. The zero-order valence-electron chi connectivity index (χ0n) is 14.8. The second-order valence-electron chi connectivity index (χ2n) is 6.51. The van der Waals surface area contributed by atoms with Crippen molar-refractivity contribution in [2.75, 3.05) is 18.1 Å². The molecular weight excluding hydrogens is 403 g/mol. The topological polar surface area (TPSA) is 54.5 Å². The van der Waals surface area contributed by atoms with Crippen molar-refractivity contribution in [1.29, 1.82) is 0 Å². The van der Waals surface area contributed by atoms with Crippen LogP contribution in [0, 0.1) is 0 Å². The van der Waals surface area contributed by atoms with Crippen molar-refractivity contribution < 1.29 is 26.4 Å². The van der Waals surface area contributed by atoms with Gasteiger partial charge < -0.3 is 4.90 Å². The van der Waals surface area contributed by atoms with Gasteiger partial charge in [0.15, 0.2) is 9.84 Å². The van der Waals surface area contributed by atoms with Crippen LogP contribution in [0.15, 0.2) is 24.3 Å². The molecule has 1 aliphatic heterocycles. The second-order valence-corrected chi connectivity index (χ2v) is 9.15. The Labute approximate surface area is 161 Å². The third-order valence-electron chi connectivity index (χ3n) is 4.41. The first-order chi connectivity index (χ1) is 12.5. The van der Waals surface area contributed by atoms with E-state index in [0.717, 1.165) is 30.7 Å². The van der Waals surface area contributed by atoms with Gasteiger partial charge in [-0.1, -0.05) is 24.9 Å². The maximum Gasteiger partial charge on any atom is 0.416 e. The number of hydrogen-bond donors (Lipinski definition) is 0. The lowest BCUT2D eigenvalue weighted by Crippen LogP contribution is -2.40. The van der Waals surface area contributed by atoms with Crippen molar-refractivity contribution in [3.8, 4) is 0 Å². The van der Waals surface area contributed by atoms with Crippen LogP contribution in [0.4, 0.5) is 13.2 Å². The normalized spacial score (nSPS) is 19.5. The summed E-state index contributed by atoms with van der Waals surface area (Å²) in [6, 6.07) is 2.48. The summed E-state index contributed by atoms with van der Waals surface area (Å²) in [5, 5.41) is 0.0932. The molecule has 1 fully saturated rings. The van der Waals surface area contributed by atoms with E-state index in [1.54, 1.807) is 0 Å². The van der Waals surface area contributed by atoms with Gasteiger partial charge in [0.05, 0.1) is 17.1 Å². The third-order valence-corrected chi connectivity index (χ3v) is 6.51. The van der Waals surface area contributed by atoms with Crippen LogP contribution in [0.2, 0.25) is 5.02 Å². The molecule has 1 aromatic carbocycles. The molecule has 4 nitrogen and oxygen atoms in total. The Hall–Kier alpha value is -1.54. The van der Waals surface area contributed by atoms with E-state index < -0.39 is 33.5 Å². The fraction of sp³-hybridized carbons (Fsp3) is 0.500. The van der Waals surface area contributed by atoms with Crippen molar-refractivity contribution in [2.45, 2.75) is 38.4 Å². The van der Waals surface area contributed by atoms with E-state index in [-0.39, 0.29) is 22.1 Å². The Morgan fingerprint density at radius 3 is 2.63 bits per heavy atom. The molecule has 27 heavy (non-hydrogen) atoms. The van der Waals surface area contributed by atoms with Crippen molar-refractivity contribution in [3.05, 3.63) is 40.4 Å². The molecule has 1 atom stereocenters. The largest absolute Gasteiger partial charge is 0.416 e. The van der Waals surface area contributed by atoms with Crippen LogP contribution < -0.4 is 0 Å². The summed E-state index contributed by atoms with van der Waals surface area (Å²) in [7, 11) is -3.16. The van der Waals surface area contributed by atoms with E-state index in [9.17, 15) is 26.4 Å². The molecular formula is C18H21ClF3NO3S. The van der Waals surface area contributed by atoms with Gasteiger partial charge in [-0.2, -0.15) is 13.2 Å². The Bertz CT molecular complexity index is 822. The summed E-state index contributed by atoms with van der Waals surface area (Å²) in [4.78, 5) is 14.1. The summed E-state index contributed by atoms with van der Waals surface area (Å²) >= 11 is 5.93. The monoisotopic (exact) mass is 423 g/mol. The van der Waals surface area contributed by atoms with E-state index in [1.165, 1.54) is 11.0 Å². The van der Waals surface area contributed by atoms with Crippen LogP contribution in [0.25, 0.3) is 6.08 Å². The lowest BCUT2D eigenvalue weighted by Gasteiger charge is -2.27. The first-order valence-electron chi connectivity index (χ1n) is 8.59. The van der Waals surface area contributed by atoms with Crippen molar-refractivity contribution in [3.63, 3.8) is 0 Å². The van der Waals surface area contributed by atoms with Gasteiger partial charge in [0.25, 0.3) is 0 Å². The van der Waals surface area contributed by atoms with E-state index in [4.69, 9.17) is 11.6 Å². The predicted octanol–water partition coefficient (Wildman–Crippen LogP) is 4.19. The van der Waals surface area contributed by atoms with Gasteiger partial charge in [0.1, 0.15) is 0 Å². The van der Waals surface area contributed by atoms with Crippen molar-refractivity contribution in [2.24, 2.45) is 0 Å². The molecule has 150 valence electrons. The summed E-state index contributed by atoms with van der Waals surface area (Å²) in [6.45, 7) is 2.35. The molecule has 1 amide bonds. The Balaban J connectivity index is 2.21. The van der Waals surface area contributed by atoms with E-state index in [1.807, 2.05) is 6.92 Å². The number of amides is 1. The number of unbranched alkanes of at least 4 members (excludes halogenated alkanes) is 1. The molecule has 1 saturated heterocycles. The average molecular weight is 424 g/mol. The molecule has 1 heterocycles. The average Bonchev–Trinajstić information content (AvgIpc) is 2.93. The summed E-state index contributed by atoms with van der Waals surface area (Å²) in [5.41, 5.74) is -0.780. The molecule has 1 unspecified atom stereocenters. The van der Waals surface area contributed by atoms with Crippen LogP contribution in [0.1, 0.15) is 37.3 Å².